The average Bonchev–Trinajstić information content (AvgIpc) is 2.92. The van der Waals surface area contributed by atoms with E-state index in [2.05, 4.69) is 0 Å². The van der Waals surface area contributed by atoms with E-state index >= 15 is 0 Å². The lowest BCUT2D eigenvalue weighted by atomic mass is 10.1. The van der Waals surface area contributed by atoms with Gasteiger partial charge in [-0.1, -0.05) is 12.1 Å². The fraction of sp³-hybridized carbons (Fsp3) is 0.385. The van der Waals surface area contributed by atoms with Gasteiger partial charge >= 0.3 is 5.97 Å². The highest BCUT2D eigenvalue weighted by molar-refractivity contribution is 8.19. The van der Waals surface area contributed by atoms with E-state index in [1.165, 1.54) is 12.5 Å². The van der Waals surface area contributed by atoms with Gasteiger partial charge in [-0.05, 0) is 24.6 Å². The van der Waals surface area contributed by atoms with Crippen molar-refractivity contribution in [2.24, 2.45) is 5.73 Å². The van der Waals surface area contributed by atoms with E-state index in [0.717, 1.165) is 11.5 Å². The summed E-state index contributed by atoms with van der Waals surface area (Å²) in [6, 6.07) is 7.32. The summed E-state index contributed by atoms with van der Waals surface area (Å²) in [5.74, 6) is 1.15. The first-order valence-electron chi connectivity index (χ1n) is 5.91. The molecular weight excluding hydrogens is 282 g/mol. The second-order valence-corrected chi connectivity index (χ2v) is 6.87. The van der Waals surface area contributed by atoms with E-state index < -0.39 is 18.0 Å². The highest BCUT2D eigenvalue weighted by Crippen LogP contribution is 2.45. The molecular formula is C13H15NO3S2. The Kier molecular flexibility index (Phi) is 4.76. The predicted molar refractivity (Wildman–Crippen MR) is 78.2 cm³/mol. The lowest BCUT2D eigenvalue weighted by molar-refractivity contribution is -0.125. The van der Waals surface area contributed by atoms with Gasteiger partial charge in [-0.2, -0.15) is 0 Å². The molecule has 1 atom stereocenters. The maximum absolute atomic E-state index is 11.8. The topological polar surface area (TPSA) is 69.4 Å². The van der Waals surface area contributed by atoms with Crippen LogP contribution in [0.4, 0.5) is 0 Å². The number of thioether (sulfide) groups is 2. The van der Waals surface area contributed by atoms with Crippen molar-refractivity contribution < 1.29 is 14.3 Å². The number of rotatable bonds is 4. The monoisotopic (exact) mass is 297 g/mol. The Balaban J connectivity index is 2.01. The second-order valence-electron chi connectivity index (χ2n) is 4.15. The third kappa shape index (κ3) is 3.67. The summed E-state index contributed by atoms with van der Waals surface area (Å²) < 4.78 is 5.39. The van der Waals surface area contributed by atoms with Crippen LogP contribution in [0.2, 0.25) is 0 Å². The van der Waals surface area contributed by atoms with Crippen molar-refractivity contribution in [3.8, 4) is 0 Å². The number of hydrogen-bond donors (Lipinski definition) is 1. The van der Waals surface area contributed by atoms with Crippen LogP contribution in [-0.4, -0.2) is 29.5 Å². The van der Waals surface area contributed by atoms with E-state index in [-0.39, 0.29) is 0 Å². The number of nitrogens with two attached hydrogens (primary N) is 1. The van der Waals surface area contributed by atoms with Crippen LogP contribution in [0.5, 0.6) is 0 Å². The molecule has 1 fully saturated rings. The number of ether oxygens (including phenoxy) is 1. The zero-order valence-corrected chi connectivity index (χ0v) is 12.1. The Bertz CT molecular complexity index is 469. The third-order valence-corrected chi connectivity index (χ3v) is 5.83. The van der Waals surface area contributed by atoms with Crippen molar-refractivity contribution in [2.45, 2.75) is 17.6 Å². The van der Waals surface area contributed by atoms with Crippen LogP contribution in [0.15, 0.2) is 24.3 Å². The molecule has 0 radical (unpaired) electrons. The fourth-order valence-electron chi connectivity index (χ4n) is 1.61. The highest BCUT2D eigenvalue weighted by atomic mass is 32.2. The lowest BCUT2D eigenvalue weighted by Gasteiger charge is -2.11. The molecule has 19 heavy (non-hydrogen) atoms. The van der Waals surface area contributed by atoms with E-state index in [9.17, 15) is 9.59 Å². The van der Waals surface area contributed by atoms with Crippen molar-refractivity contribution in [2.75, 3.05) is 11.5 Å². The van der Waals surface area contributed by atoms with Gasteiger partial charge in [0.1, 0.15) is 0 Å². The summed E-state index contributed by atoms with van der Waals surface area (Å²) in [5, 5.41) is 0. The maximum Gasteiger partial charge on any atom is 0.338 e. The van der Waals surface area contributed by atoms with Crippen molar-refractivity contribution in [3.63, 3.8) is 0 Å². The Morgan fingerprint density at radius 3 is 2.37 bits per heavy atom. The molecule has 102 valence electrons. The summed E-state index contributed by atoms with van der Waals surface area (Å²) in [4.78, 5) is 22.6. The predicted octanol–water partition coefficient (Wildman–Crippen LogP) is 2.20. The van der Waals surface area contributed by atoms with Crippen LogP contribution in [-0.2, 0) is 9.53 Å². The first-order chi connectivity index (χ1) is 9.08. The van der Waals surface area contributed by atoms with Crippen LogP contribution in [0.25, 0.3) is 0 Å². The van der Waals surface area contributed by atoms with Gasteiger partial charge in [-0.15, -0.1) is 23.5 Å². The van der Waals surface area contributed by atoms with Crippen molar-refractivity contribution >= 4 is 35.4 Å². The molecule has 0 aliphatic carbocycles. The van der Waals surface area contributed by atoms with Crippen LogP contribution in [0, 0.1) is 0 Å². The second kappa shape index (κ2) is 6.34. The zero-order chi connectivity index (χ0) is 13.8. The Morgan fingerprint density at radius 2 is 1.84 bits per heavy atom. The Labute approximate surface area is 120 Å². The third-order valence-electron chi connectivity index (χ3n) is 2.72. The number of esters is 1. The molecule has 0 aromatic heterocycles. The van der Waals surface area contributed by atoms with Gasteiger partial charge in [0.05, 0.1) is 10.1 Å². The molecule has 1 aromatic rings. The molecule has 1 aliphatic rings. The van der Waals surface area contributed by atoms with Crippen molar-refractivity contribution in [1.82, 2.24) is 0 Å². The Morgan fingerprint density at radius 1 is 1.26 bits per heavy atom. The van der Waals surface area contributed by atoms with Crippen LogP contribution >= 0.6 is 23.5 Å². The molecule has 1 amide bonds. The summed E-state index contributed by atoms with van der Waals surface area (Å²) in [6.45, 7) is 1.46. The smallest absolute Gasteiger partial charge is 0.338 e. The number of benzene rings is 1. The first-order valence-corrected chi connectivity index (χ1v) is 8.01. The standard InChI is InChI=1S/C13H15NO3S2/c1-8(11(14)15)17-12(16)9-2-4-10(5-3-9)13-18-6-7-19-13/h2-5,8,13H,6-7H2,1H3,(H2,14,15)/t8-/m0/s1. The highest BCUT2D eigenvalue weighted by Gasteiger charge is 2.19. The summed E-state index contributed by atoms with van der Waals surface area (Å²) >= 11 is 3.82. The number of carbonyl (C=O) groups is 2. The van der Waals surface area contributed by atoms with Gasteiger partial charge in [0.2, 0.25) is 0 Å². The lowest BCUT2D eigenvalue weighted by Crippen LogP contribution is -2.30. The summed E-state index contributed by atoms with van der Waals surface area (Å²) in [7, 11) is 0. The molecule has 6 heteroatoms. The molecule has 1 aromatic carbocycles. The molecule has 4 nitrogen and oxygen atoms in total. The van der Waals surface area contributed by atoms with E-state index in [1.54, 1.807) is 12.1 Å². The molecule has 0 saturated carbocycles. The maximum atomic E-state index is 11.8. The number of amides is 1. The van der Waals surface area contributed by atoms with Crippen molar-refractivity contribution in [3.05, 3.63) is 35.4 Å². The van der Waals surface area contributed by atoms with Gasteiger partial charge in [0, 0.05) is 11.5 Å². The van der Waals surface area contributed by atoms with Crippen molar-refractivity contribution in [1.29, 1.82) is 0 Å². The molecule has 0 spiro atoms. The quantitative estimate of drug-likeness (QED) is 0.863. The van der Waals surface area contributed by atoms with Crippen LogP contribution in [0.3, 0.4) is 0 Å². The summed E-state index contributed by atoms with van der Waals surface area (Å²) in [5.41, 5.74) is 6.68. The molecule has 2 rings (SSSR count). The molecule has 1 heterocycles. The van der Waals surface area contributed by atoms with Gasteiger partial charge in [0.15, 0.2) is 6.10 Å². The largest absolute Gasteiger partial charge is 0.449 e. The molecule has 1 aliphatic heterocycles. The average molecular weight is 297 g/mol. The molecule has 0 bridgehead atoms. The number of carbonyl (C=O) groups excluding carboxylic acids is 2. The normalized spacial score (nSPS) is 17.1. The molecule has 0 unspecified atom stereocenters. The fourth-order valence-corrected chi connectivity index (χ4v) is 4.47. The van der Waals surface area contributed by atoms with E-state index in [4.69, 9.17) is 10.5 Å². The first kappa shape index (κ1) is 14.3. The number of primary amides is 1. The molecule has 1 saturated heterocycles. The number of hydrogen-bond acceptors (Lipinski definition) is 5. The SMILES string of the molecule is C[C@H](OC(=O)c1ccc(C2SCCS2)cc1)C(N)=O. The zero-order valence-electron chi connectivity index (χ0n) is 10.5. The van der Waals surface area contributed by atoms with Crippen LogP contribution in [0.1, 0.15) is 27.4 Å². The van der Waals surface area contributed by atoms with E-state index in [0.29, 0.717) is 10.1 Å². The minimum atomic E-state index is -0.909. The van der Waals surface area contributed by atoms with E-state index in [1.807, 2.05) is 35.7 Å². The minimum absolute atomic E-state index is 0.435. The Hall–Kier alpha value is -1.14. The van der Waals surface area contributed by atoms with Crippen LogP contribution < -0.4 is 5.73 Å². The van der Waals surface area contributed by atoms with Gasteiger partial charge < -0.3 is 10.5 Å². The van der Waals surface area contributed by atoms with Gasteiger partial charge in [-0.25, -0.2) is 4.79 Å². The minimum Gasteiger partial charge on any atom is -0.449 e. The van der Waals surface area contributed by atoms with Gasteiger partial charge in [-0.3, -0.25) is 4.79 Å². The summed E-state index contributed by atoms with van der Waals surface area (Å²) in [6.07, 6.45) is -0.909. The molecule has 2 N–H and O–H groups in total. The van der Waals surface area contributed by atoms with Gasteiger partial charge in [0.25, 0.3) is 5.91 Å².